The molecule has 8 aliphatic carbocycles. The zero-order valence-corrected chi connectivity index (χ0v) is 20.1. The van der Waals surface area contributed by atoms with Crippen LogP contribution in [0.2, 0.25) is 0 Å². The fourth-order valence-electron chi connectivity index (χ4n) is 10.5. The molecule has 0 N–H and O–H groups in total. The highest BCUT2D eigenvalue weighted by Gasteiger charge is 2.55. The van der Waals surface area contributed by atoms with Crippen LogP contribution in [0.1, 0.15) is 77.0 Å². The lowest BCUT2D eigenvalue weighted by molar-refractivity contribution is -0.0208. The molecular formula is C26H38N2S2. The Hall–Kier alpha value is -0.220. The Morgan fingerprint density at radius 3 is 0.933 bits per heavy atom. The van der Waals surface area contributed by atoms with Crippen molar-refractivity contribution in [1.29, 1.82) is 0 Å². The first-order chi connectivity index (χ1) is 14.5. The summed E-state index contributed by atoms with van der Waals surface area (Å²) in [6.45, 7) is 4.47. The second-order valence-electron chi connectivity index (χ2n) is 13.0. The number of thiocarbonyl (C=S) groups is 2. The van der Waals surface area contributed by atoms with Gasteiger partial charge in [-0.2, -0.15) is 0 Å². The van der Waals surface area contributed by atoms with E-state index in [0.29, 0.717) is 10.8 Å². The van der Waals surface area contributed by atoms with Gasteiger partial charge in [-0.1, -0.05) is 24.4 Å². The molecule has 0 atom stereocenters. The van der Waals surface area contributed by atoms with E-state index < -0.39 is 0 Å². The topological polar surface area (TPSA) is 6.48 Å². The monoisotopic (exact) mass is 442 g/mol. The molecular weight excluding hydrogens is 404 g/mol. The third kappa shape index (κ3) is 2.84. The van der Waals surface area contributed by atoms with E-state index in [2.05, 4.69) is 9.80 Å². The van der Waals surface area contributed by atoms with E-state index in [-0.39, 0.29) is 0 Å². The minimum atomic E-state index is 0.396. The minimum Gasteiger partial charge on any atom is -0.362 e. The lowest BCUT2D eigenvalue weighted by Crippen LogP contribution is -2.60. The van der Waals surface area contributed by atoms with Gasteiger partial charge in [0.05, 0.1) is 9.98 Å². The highest BCUT2D eigenvalue weighted by atomic mass is 32.1. The van der Waals surface area contributed by atoms with Crippen molar-refractivity contribution < 1.29 is 0 Å². The number of nitrogens with zero attached hydrogens (tertiary/aromatic N) is 2. The molecule has 2 nitrogen and oxygen atoms in total. The van der Waals surface area contributed by atoms with Gasteiger partial charge < -0.3 is 9.80 Å². The molecule has 164 valence electrons. The van der Waals surface area contributed by atoms with Crippen molar-refractivity contribution in [2.24, 2.45) is 46.3 Å². The van der Waals surface area contributed by atoms with Crippen molar-refractivity contribution in [3.8, 4) is 0 Å². The minimum absolute atomic E-state index is 0.396. The number of hydrogen-bond donors (Lipinski definition) is 0. The molecule has 1 aliphatic heterocycles. The van der Waals surface area contributed by atoms with E-state index in [0.717, 1.165) is 61.7 Å². The molecule has 0 unspecified atom stereocenters. The highest BCUT2D eigenvalue weighted by Crippen LogP contribution is 2.62. The van der Waals surface area contributed by atoms with Crippen molar-refractivity contribution in [2.75, 3.05) is 26.2 Å². The molecule has 0 aromatic rings. The summed E-state index contributed by atoms with van der Waals surface area (Å²) < 4.78 is 0. The Morgan fingerprint density at radius 2 is 0.700 bits per heavy atom. The lowest BCUT2D eigenvalue weighted by Gasteiger charge is -2.59. The van der Waals surface area contributed by atoms with Crippen molar-refractivity contribution in [2.45, 2.75) is 77.0 Å². The van der Waals surface area contributed by atoms with Gasteiger partial charge in [-0.25, -0.2) is 0 Å². The van der Waals surface area contributed by atoms with Gasteiger partial charge in [0.1, 0.15) is 0 Å². The summed E-state index contributed by atoms with van der Waals surface area (Å²) in [6.07, 6.45) is 17.5. The van der Waals surface area contributed by atoms with E-state index >= 15 is 0 Å². The van der Waals surface area contributed by atoms with Crippen molar-refractivity contribution in [1.82, 2.24) is 9.80 Å². The van der Waals surface area contributed by atoms with Gasteiger partial charge in [0.15, 0.2) is 0 Å². The third-order valence-electron chi connectivity index (χ3n) is 10.8. The molecule has 9 aliphatic rings. The largest absolute Gasteiger partial charge is 0.362 e. The van der Waals surface area contributed by atoms with Crippen molar-refractivity contribution in [3.63, 3.8) is 0 Å². The molecule has 0 amide bonds. The normalized spacial score (nSPS) is 50.9. The summed E-state index contributed by atoms with van der Waals surface area (Å²) in [5.41, 5.74) is 0.791. The van der Waals surface area contributed by atoms with E-state index in [1.807, 2.05) is 0 Å². The number of rotatable bonds is 2. The van der Waals surface area contributed by atoms with E-state index in [1.54, 1.807) is 0 Å². The standard InChI is InChI=1S/C26H38N2S2/c29-23(25-11-17-5-18(12-25)7-19(6-17)13-25)27-1-2-28(4-3-27)24(30)26-14-20-8-21(15-26)10-22(9-20)16-26/h17-22H,1-16H2. The fourth-order valence-corrected chi connectivity index (χ4v) is 11.4. The van der Waals surface area contributed by atoms with E-state index in [9.17, 15) is 0 Å². The van der Waals surface area contributed by atoms with Gasteiger partial charge >= 0.3 is 0 Å². The zero-order valence-electron chi connectivity index (χ0n) is 18.5. The van der Waals surface area contributed by atoms with Gasteiger partial charge in [0.25, 0.3) is 0 Å². The predicted molar refractivity (Wildman–Crippen MR) is 130 cm³/mol. The summed E-state index contributed by atoms with van der Waals surface area (Å²) in [4.78, 5) is 7.98. The van der Waals surface area contributed by atoms with Crippen LogP contribution in [0, 0.1) is 46.3 Å². The molecule has 30 heavy (non-hydrogen) atoms. The van der Waals surface area contributed by atoms with E-state index in [1.165, 1.54) is 87.0 Å². The second kappa shape index (κ2) is 6.65. The Bertz CT molecular complexity index is 630. The van der Waals surface area contributed by atoms with Crippen LogP contribution in [-0.4, -0.2) is 46.0 Å². The van der Waals surface area contributed by atoms with Crippen LogP contribution >= 0.6 is 24.4 Å². The first-order valence-electron chi connectivity index (χ1n) is 13.1. The molecule has 1 heterocycles. The van der Waals surface area contributed by atoms with Crippen LogP contribution in [0.25, 0.3) is 0 Å². The average Bonchev–Trinajstić information content (AvgIpc) is 2.71. The highest BCUT2D eigenvalue weighted by molar-refractivity contribution is 7.80. The first-order valence-corrected chi connectivity index (χ1v) is 13.9. The quantitative estimate of drug-likeness (QED) is 0.507. The Morgan fingerprint density at radius 1 is 0.467 bits per heavy atom. The van der Waals surface area contributed by atoms with Crippen LogP contribution in [0.5, 0.6) is 0 Å². The maximum absolute atomic E-state index is 6.26. The molecule has 9 rings (SSSR count). The fraction of sp³-hybridized carbons (Fsp3) is 0.923. The SMILES string of the molecule is S=C(N1CCN(C(=S)C23CC4CC(CC(C4)C2)C3)CC1)C12CC3CC(CC(C3)C1)C2. The summed E-state index contributed by atoms with van der Waals surface area (Å²) in [5.74, 6) is 5.91. The number of piperazine rings is 1. The van der Waals surface area contributed by atoms with E-state index in [4.69, 9.17) is 24.4 Å². The Balaban J connectivity index is 1.03. The van der Waals surface area contributed by atoms with Crippen molar-refractivity contribution in [3.05, 3.63) is 0 Å². The van der Waals surface area contributed by atoms with Crippen LogP contribution in [0.15, 0.2) is 0 Å². The van der Waals surface area contributed by atoms with Crippen molar-refractivity contribution >= 4 is 34.4 Å². The van der Waals surface area contributed by atoms with Crippen LogP contribution in [0.3, 0.4) is 0 Å². The van der Waals surface area contributed by atoms with Gasteiger partial charge in [-0.15, -0.1) is 0 Å². The van der Waals surface area contributed by atoms with Gasteiger partial charge in [-0.05, 0) is 113 Å². The molecule has 0 aromatic carbocycles. The number of hydrogen-bond acceptors (Lipinski definition) is 2. The third-order valence-corrected chi connectivity index (χ3v) is 12.2. The summed E-state index contributed by atoms with van der Waals surface area (Å²) in [6, 6.07) is 0. The van der Waals surface area contributed by atoms with Crippen LogP contribution in [-0.2, 0) is 0 Å². The molecule has 0 spiro atoms. The molecule has 8 bridgehead atoms. The summed E-state index contributed by atoms with van der Waals surface area (Å²) in [7, 11) is 0. The molecule has 0 radical (unpaired) electrons. The van der Waals surface area contributed by atoms with Gasteiger partial charge in [0.2, 0.25) is 0 Å². The first kappa shape index (κ1) is 19.3. The second-order valence-corrected chi connectivity index (χ2v) is 13.8. The molecule has 4 heteroatoms. The summed E-state index contributed by atoms with van der Waals surface area (Å²) in [5, 5.41) is 0. The van der Waals surface area contributed by atoms with Gasteiger partial charge in [0, 0.05) is 37.0 Å². The lowest BCUT2D eigenvalue weighted by atomic mass is 9.49. The molecule has 8 saturated carbocycles. The zero-order chi connectivity index (χ0) is 20.1. The summed E-state index contributed by atoms with van der Waals surface area (Å²) >= 11 is 12.5. The molecule has 1 saturated heterocycles. The Labute approximate surface area is 193 Å². The smallest absolute Gasteiger partial charge is 0.0843 e. The maximum atomic E-state index is 6.26. The molecule has 9 fully saturated rings. The van der Waals surface area contributed by atoms with Crippen LogP contribution in [0.4, 0.5) is 0 Å². The molecule has 0 aromatic heterocycles. The Kier molecular flexibility index (Phi) is 4.27. The van der Waals surface area contributed by atoms with Crippen LogP contribution < -0.4 is 0 Å². The maximum Gasteiger partial charge on any atom is 0.0843 e. The predicted octanol–water partition coefficient (Wildman–Crippen LogP) is 5.69. The van der Waals surface area contributed by atoms with Gasteiger partial charge in [-0.3, -0.25) is 0 Å². The average molecular weight is 443 g/mol.